The highest BCUT2D eigenvalue weighted by atomic mass is 32.1. The van der Waals surface area contributed by atoms with E-state index in [0.29, 0.717) is 18.4 Å². The van der Waals surface area contributed by atoms with Crippen molar-refractivity contribution in [2.75, 3.05) is 30.3 Å². The Bertz CT molecular complexity index is 627. The molecule has 6 nitrogen and oxygen atoms in total. The summed E-state index contributed by atoms with van der Waals surface area (Å²) in [5.74, 6) is 0.952. The Morgan fingerprint density at radius 1 is 1.33 bits per heavy atom. The Morgan fingerprint density at radius 2 is 2.14 bits per heavy atom. The molecule has 0 fully saturated rings. The number of ether oxygens (including phenoxy) is 1. The summed E-state index contributed by atoms with van der Waals surface area (Å²) in [6.07, 6.45) is 0.996. The number of fused-ring (bicyclic) bond motifs is 1. The van der Waals surface area contributed by atoms with Gasteiger partial charge in [-0.1, -0.05) is 6.92 Å². The largest absolute Gasteiger partial charge is 0.465 e. The molecule has 0 aliphatic rings. The molecule has 0 aliphatic heterocycles. The maximum atomic E-state index is 11.5. The molecule has 2 heterocycles. The first-order valence-corrected chi connectivity index (χ1v) is 7.87. The van der Waals surface area contributed by atoms with Crippen LogP contribution in [0.5, 0.6) is 0 Å². The molecule has 0 atom stereocenters. The van der Waals surface area contributed by atoms with Gasteiger partial charge < -0.3 is 15.4 Å². The van der Waals surface area contributed by atoms with Crippen LogP contribution in [0.4, 0.5) is 11.8 Å². The Hall–Kier alpha value is -1.89. The molecule has 0 aromatic carbocycles. The number of aryl methyl sites for hydroxylation is 1. The number of carbonyl (C=O) groups is 1. The van der Waals surface area contributed by atoms with Gasteiger partial charge in [0.25, 0.3) is 0 Å². The molecule has 2 N–H and O–H groups in total. The minimum atomic E-state index is -0.292. The summed E-state index contributed by atoms with van der Waals surface area (Å²) in [4.78, 5) is 22.5. The van der Waals surface area contributed by atoms with E-state index in [9.17, 15) is 4.79 Å². The van der Waals surface area contributed by atoms with E-state index < -0.39 is 0 Å². The predicted octanol–water partition coefficient (Wildman–Crippen LogP) is 2.80. The Labute approximate surface area is 127 Å². The van der Waals surface area contributed by atoms with Crippen LogP contribution in [0.3, 0.4) is 0 Å². The van der Waals surface area contributed by atoms with Crippen molar-refractivity contribution < 1.29 is 9.53 Å². The maximum absolute atomic E-state index is 11.5. The lowest BCUT2D eigenvalue weighted by Crippen LogP contribution is -2.18. The van der Waals surface area contributed by atoms with E-state index in [-0.39, 0.29) is 12.5 Å². The highest BCUT2D eigenvalue weighted by Crippen LogP contribution is 2.29. The quantitative estimate of drug-likeness (QED) is 0.766. The molecule has 0 saturated carbocycles. The van der Waals surface area contributed by atoms with Gasteiger partial charge in [0.15, 0.2) is 0 Å². The van der Waals surface area contributed by atoms with E-state index in [1.165, 1.54) is 0 Å². The predicted molar refractivity (Wildman–Crippen MR) is 86.1 cm³/mol. The van der Waals surface area contributed by atoms with Crippen LogP contribution in [0.25, 0.3) is 10.2 Å². The van der Waals surface area contributed by atoms with Crippen LogP contribution >= 0.6 is 11.3 Å². The van der Waals surface area contributed by atoms with Crippen molar-refractivity contribution >= 4 is 39.3 Å². The van der Waals surface area contributed by atoms with Crippen LogP contribution in [-0.2, 0) is 9.53 Å². The number of nitrogens with zero attached hydrogens (tertiary/aromatic N) is 2. The van der Waals surface area contributed by atoms with Crippen molar-refractivity contribution in [3.05, 3.63) is 10.9 Å². The van der Waals surface area contributed by atoms with Gasteiger partial charge in [-0.15, -0.1) is 11.3 Å². The molecule has 0 saturated heterocycles. The van der Waals surface area contributed by atoms with Gasteiger partial charge in [0, 0.05) is 11.4 Å². The number of thiophene rings is 1. The maximum Gasteiger partial charge on any atom is 0.325 e. The van der Waals surface area contributed by atoms with Crippen molar-refractivity contribution in [2.24, 2.45) is 0 Å². The molecule has 0 amide bonds. The SMILES string of the molecule is CCCNc1nc(NCC(=O)OCC)c2cc(C)sc2n1. The van der Waals surface area contributed by atoms with Crippen LogP contribution in [0.1, 0.15) is 25.1 Å². The van der Waals surface area contributed by atoms with Crippen molar-refractivity contribution in [1.82, 2.24) is 9.97 Å². The standard InChI is InChI=1S/C14H20N4O2S/c1-4-6-15-14-17-12(16-8-11(19)20-5-2)10-7-9(3)21-13(10)18-14/h7H,4-6,8H2,1-3H3,(H2,15,16,17,18). The summed E-state index contributed by atoms with van der Waals surface area (Å²) in [6, 6.07) is 2.02. The second-order valence-electron chi connectivity index (χ2n) is 4.56. The van der Waals surface area contributed by atoms with Gasteiger partial charge >= 0.3 is 5.97 Å². The number of rotatable bonds is 7. The molecule has 0 aliphatic carbocycles. The first-order valence-electron chi connectivity index (χ1n) is 7.05. The van der Waals surface area contributed by atoms with E-state index in [1.54, 1.807) is 18.3 Å². The van der Waals surface area contributed by atoms with Crippen molar-refractivity contribution in [3.63, 3.8) is 0 Å². The first-order chi connectivity index (χ1) is 10.1. The van der Waals surface area contributed by atoms with Crippen molar-refractivity contribution in [1.29, 1.82) is 0 Å². The molecule has 2 aromatic heterocycles. The monoisotopic (exact) mass is 308 g/mol. The number of esters is 1. The third-order valence-corrected chi connectivity index (χ3v) is 3.70. The minimum absolute atomic E-state index is 0.0993. The fourth-order valence-electron chi connectivity index (χ4n) is 1.86. The smallest absolute Gasteiger partial charge is 0.325 e. The van der Waals surface area contributed by atoms with Crippen LogP contribution < -0.4 is 10.6 Å². The van der Waals surface area contributed by atoms with Gasteiger partial charge in [-0.05, 0) is 26.3 Å². The summed E-state index contributed by atoms with van der Waals surface area (Å²) in [7, 11) is 0. The van der Waals surface area contributed by atoms with Gasteiger partial charge in [0.05, 0.1) is 12.0 Å². The van der Waals surface area contributed by atoms with Gasteiger partial charge in [-0.3, -0.25) is 4.79 Å². The molecule has 0 radical (unpaired) electrons. The molecular formula is C14H20N4O2S. The molecule has 0 spiro atoms. The zero-order valence-corrected chi connectivity index (χ0v) is 13.3. The highest BCUT2D eigenvalue weighted by Gasteiger charge is 2.11. The zero-order chi connectivity index (χ0) is 15.2. The second kappa shape index (κ2) is 7.21. The van der Waals surface area contributed by atoms with Gasteiger partial charge in [-0.25, -0.2) is 4.98 Å². The topological polar surface area (TPSA) is 76.1 Å². The second-order valence-corrected chi connectivity index (χ2v) is 5.79. The van der Waals surface area contributed by atoms with Gasteiger partial charge in [-0.2, -0.15) is 4.98 Å². The lowest BCUT2D eigenvalue weighted by atomic mass is 10.3. The molecular weight excluding hydrogens is 288 g/mol. The Morgan fingerprint density at radius 3 is 2.86 bits per heavy atom. The molecule has 7 heteroatoms. The number of hydrogen-bond donors (Lipinski definition) is 2. The molecule has 2 rings (SSSR count). The average Bonchev–Trinajstić information content (AvgIpc) is 2.83. The van der Waals surface area contributed by atoms with E-state index in [4.69, 9.17) is 4.74 Å². The summed E-state index contributed by atoms with van der Waals surface area (Å²) in [5, 5.41) is 7.15. The third kappa shape index (κ3) is 4.04. The van der Waals surface area contributed by atoms with Gasteiger partial charge in [0.2, 0.25) is 5.95 Å². The lowest BCUT2D eigenvalue weighted by Gasteiger charge is -2.09. The number of nitrogens with one attached hydrogen (secondary N) is 2. The van der Waals surface area contributed by atoms with Crippen molar-refractivity contribution in [3.8, 4) is 0 Å². The van der Waals surface area contributed by atoms with Crippen LogP contribution in [-0.4, -0.2) is 35.6 Å². The Kier molecular flexibility index (Phi) is 5.32. The third-order valence-electron chi connectivity index (χ3n) is 2.75. The molecule has 0 bridgehead atoms. The molecule has 114 valence electrons. The summed E-state index contributed by atoms with van der Waals surface area (Å²) in [5.41, 5.74) is 0. The minimum Gasteiger partial charge on any atom is -0.465 e. The van der Waals surface area contributed by atoms with Crippen LogP contribution in [0, 0.1) is 6.92 Å². The van der Waals surface area contributed by atoms with E-state index in [1.807, 2.05) is 13.0 Å². The first kappa shape index (κ1) is 15.5. The summed E-state index contributed by atoms with van der Waals surface area (Å²) >= 11 is 1.61. The average molecular weight is 308 g/mol. The molecule has 21 heavy (non-hydrogen) atoms. The molecule has 2 aromatic rings. The number of aromatic nitrogens is 2. The lowest BCUT2D eigenvalue weighted by molar-refractivity contribution is -0.140. The van der Waals surface area contributed by atoms with Gasteiger partial charge in [0.1, 0.15) is 17.2 Å². The van der Waals surface area contributed by atoms with Crippen LogP contribution in [0.15, 0.2) is 6.07 Å². The highest BCUT2D eigenvalue weighted by molar-refractivity contribution is 7.18. The fourth-order valence-corrected chi connectivity index (χ4v) is 2.74. The van der Waals surface area contributed by atoms with E-state index >= 15 is 0 Å². The van der Waals surface area contributed by atoms with E-state index in [0.717, 1.165) is 28.1 Å². The number of anilines is 2. The zero-order valence-electron chi connectivity index (χ0n) is 12.5. The number of carbonyl (C=O) groups excluding carboxylic acids is 1. The summed E-state index contributed by atoms with van der Waals surface area (Å²) < 4.78 is 4.92. The molecule has 0 unspecified atom stereocenters. The normalized spacial score (nSPS) is 10.6. The number of hydrogen-bond acceptors (Lipinski definition) is 7. The van der Waals surface area contributed by atoms with Crippen molar-refractivity contribution in [2.45, 2.75) is 27.2 Å². The van der Waals surface area contributed by atoms with E-state index in [2.05, 4.69) is 27.5 Å². The van der Waals surface area contributed by atoms with Crippen LogP contribution in [0.2, 0.25) is 0 Å². The summed E-state index contributed by atoms with van der Waals surface area (Å²) in [6.45, 7) is 7.19. The fraction of sp³-hybridized carbons (Fsp3) is 0.500. The Balaban J connectivity index is 2.23.